The third-order valence-corrected chi connectivity index (χ3v) is 6.37. The molecule has 2 saturated heterocycles. The molecule has 0 radical (unpaired) electrons. The van der Waals surface area contributed by atoms with Gasteiger partial charge in [-0.3, -0.25) is 9.36 Å². The molecular weight excluding hydrogens is 408 g/mol. The van der Waals surface area contributed by atoms with Gasteiger partial charge in [-0.2, -0.15) is 0 Å². The normalized spacial score (nSPS) is 29.1. The number of aliphatic hydroxyl groups is 1. The summed E-state index contributed by atoms with van der Waals surface area (Å²) in [4.78, 5) is 17.2. The fourth-order valence-electron chi connectivity index (χ4n) is 3.60. The summed E-state index contributed by atoms with van der Waals surface area (Å²) in [6.45, 7) is 2.31. The fraction of sp³-hybridized carbons (Fsp3) is 0.529. The lowest BCUT2D eigenvalue weighted by molar-refractivity contribution is 0.0859. The van der Waals surface area contributed by atoms with E-state index in [2.05, 4.69) is 31.5 Å². The Kier molecular flexibility index (Phi) is 4.62. The van der Waals surface area contributed by atoms with E-state index in [9.17, 15) is 9.90 Å². The maximum Gasteiger partial charge on any atom is 0.261 e. The predicted molar refractivity (Wildman–Crippen MR) is 101 cm³/mol. The minimum Gasteiger partial charge on any atom is -0.392 e. The van der Waals surface area contributed by atoms with Gasteiger partial charge in [0.2, 0.25) is 0 Å². The van der Waals surface area contributed by atoms with Crippen LogP contribution < -0.4 is 16.2 Å². The van der Waals surface area contributed by atoms with Crippen LogP contribution in [0.15, 0.2) is 27.7 Å². The van der Waals surface area contributed by atoms with Gasteiger partial charge in [-0.05, 0) is 53.9 Å². The molecule has 0 aliphatic carbocycles. The Bertz CT molecular complexity index is 868. The Morgan fingerprint density at radius 3 is 3.00 bits per heavy atom. The summed E-state index contributed by atoms with van der Waals surface area (Å²) >= 11 is 9.49. The summed E-state index contributed by atoms with van der Waals surface area (Å²) in [5.41, 5.74) is 0.373. The highest BCUT2D eigenvalue weighted by Gasteiger charge is 2.45. The Hall–Kier alpha value is -0.990. The lowest BCUT2D eigenvalue weighted by Crippen LogP contribution is -2.48. The Morgan fingerprint density at radius 2 is 2.28 bits per heavy atom. The zero-order valence-electron chi connectivity index (χ0n) is 13.6. The number of hydrogen-bond donors (Lipinski definition) is 3. The maximum atomic E-state index is 12.8. The molecule has 3 heterocycles. The SMILES string of the molecule is O=c1c2cc(Cl)c(Br)cc2ncn1CC1(C[C@@H]2NCCC[C@H]2O)CN1. The molecule has 134 valence electrons. The van der Waals surface area contributed by atoms with Crippen molar-refractivity contribution in [2.24, 2.45) is 0 Å². The molecule has 0 saturated carbocycles. The Balaban J connectivity index is 1.59. The molecule has 2 aliphatic heterocycles. The second-order valence-corrected chi connectivity index (χ2v) is 8.33. The van der Waals surface area contributed by atoms with E-state index in [4.69, 9.17) is 11.6 Å². The summed E-state index contributed by atoms with van der Waals surface area (Å²) in [5.74, 6) is 0. The van der Waals surface area contributed by atoms with Crippen LogP contribution in [0, 0.1) is 0 Å². The number of piperidine rings is 1. The molecular formula is C17H20BrClN4O2. The minimum absolute atomic E-state index is 0.0678. The van der Waals surface area contributed by atoms with Gasteiger partial charge >= 0.3 is 0 Å². The molecule has 6 nitrogen and oxygen atoms in total. The average Bonchev–Trinajstić information content (AvgIpc) is 3.34. The molecule has 2 aromatic rings. The van der Waals surface area contributed by atoms with Gasteiger partial charge in [0, 0.05) is 23.6 Å². The van der Waals surface area contributed by atoms with E-state index in [0.717, 1.165) is 36.8 Å². The molecule has 4 rings (SSSR count). The molecule has 1 aromatic heterocycles. The first-order valence-corrected chi connectivity index (χ1v) is 9.65. The number of hydrogen-bond acceptors (Lipinski definition) is 5. The van der Waals surface area contributed by atoms with Crippen molar-refractivity contribution in [1.29, 1.82) is 0 Å². The van der Waals surface area contributed by atoms with Crippen LogP contribution in [-0.2, 0) is 6.54 Å². The summed E-state index contributed by atoms with van der Waals surface area (Å²) in [5, 5.41) is 18.0. The van der Waals surface area contributed by atoms with Gasteiger partial charge < -0.3 is 15.7 Å². The van der Waals surface area contributed by atoms with E-state index in [1.54, 1.807) is 23.0 Å². The number of aromatic nitrogens is 2. The number of nitrogens with zero attached hydrogens (tertiary/aromatic N) is 2. The van der Waals surface area contributed by atoms with Crippen LogP contribution >= 0.6 is 27.5 Å². The lowest BCUT2D eigenvalue weighted by atomic mass is 9.91. The van der Waals surface area contributed by atoms with Crippen LogP contribution in [0.3, 0.4) is 0 Å². The van der Waals surface area contributed by atoms with Gasteiger partial charge in [0.25, 0.3) is 5.56 Å². The van der Waals surface area contributed by atoms with Gasteiger partial charge in [0.15, 0.2) is 0 Å². The van der Waals surface area contributed by atoms with Gasteiger partial charge in [0.05, 0.1) is 33.9 Å². The van der Waals surface area contributed by atoms with Crippen molar-refractivity contribution in [3.05, 3.63) is 38.3 Å². The van der Waals surface area contributed by atoms with Crippen LogP contribution in [0.2, 0.25) is 5.02 Å². The lowest BCUT2D eigenvalue weighted by Gasteiger charge is -2.31. The number of aliphatic hydroxyl groups excluding tert-OH is 1. The maximum absolute atomic E-state index is 12.8. The van der Waals surface area contributed by atoms with Crippen molar-refractivity contribution < 1.29 is 5.11 Å². The van der Waals surface area contributed by atoms with Gasteiger partial charge in [-0.15, -0.1) is 0 Å². The monoisotopic (exact) mass is 426 g/mol. The van der Waals surface area contributed by atoms with E-state index in [1.165, 1.54) is 0 Å². The fourth-order valence-corrected chi connectivity index (χ4v) is 4.10. The number of nitrogens with one attached hydrogen (secondary N) is 2. The summed E-state index contributed by atoms with van der Waals surface area (Å²) < 4.78 is 2.37. The van der Waals surface area contributed by atoms with Crippen LogP contribution in [0.4, 0.5) is 0 Å². The number of halogens is 2. The first-order chi connectivity index (χ1) is 12.0. The average molecular weight is 428 g/mol. The van der Waals surface area contributed by atoms with Gasteiger partial charge in [-0.25, -0.2) is 4.98 Å². The number of fused-ring (bicyclic) bond motifs is 1. The predicted octanol–water partition coefficient (Wildman–Crippen LogP) is 1.66. The zero-order valence-corrected chi connectivity index (χ0v) is 16.0. The molecule has 2 aliphatic rings. The number of benzene rings is 1. The molecule has 2 fully saturated rings. The molecule has 1 aromatic carbocycles. The summed E-state index contributed by atoms with van der Waals surface area (Å²) in [6, 6.07) is 3.49. The quantitative estimate of drug-likeness (QED) is 0.646. The second kappa shape index (κ2) is 6.63. The van der Waals surface area contributed by atoms with Crippen molar-refractivity contribution >= 4 is 38.4 Å². The summed E-state index contributed by atoms with van der Waals surface area (Å²) in [7, 11) is 0. The van der Waals surface area contributed by atoms with Crippen LogP contribution in [0.1, 0.15) is 19.3 Å². The molecule has 0 spiro atoms. The van der Waals surface area contributed by atoms with Crippen molar-refractivity contribution in [3.63, 3.8) is 0 Å². The van der Waals surface area contributed by atoms with Crippen molar-refractivity contribution in [3.8, 4) is 0 Å². The highest BCUT2D eigenvalue weighted by Crippen LogP contribution is 2.29. The molecule has 3 atom stereocenters. The smallest absolute Gasteiger partial charge is 0.261 e. The van der Waals surface area contributed by atoms with E-state index in [0.29, 0.717) is 22.5 Å². The van der Waals surface area contributed by atoms with E-state index in [-0.39, 0.29) is 23.2 Å². The molecule has 8 heteroatoms. The van der Waals surface area contributed by atoms with E-state index < -0.39 is 0 Å². The van der Waals surface area contributed by atoms with Gasteiger partial charge in [0.1, 0.15) is 0 Å². The number of rotatable bonds is 4. The second-order valence-electron chi connectivity index (χ2n) is 7.07. The topological polar surface area (TPSA) is 89.1 Å². The van der Waals surface area contributed by atoms with Gasteiger partial charge in [-0.1, -0.05) is 11.6 Å². The summed E-state index contributed by atoms with van der Waals surface area (Å²) in [6.07, 6.45) is 3.90. The van der Waals surface area contributed by atoms with Crippen LogP contribution in [0.5, 0.6) is 0 Å². The highest BCUT2D eigenvalue weighted by molar-refractivity contribution is 9.10. The molecule has 3 N–H and O–H groups in total. The van der Waals surface area contributed by atoms with Crippen LogP contribution in [-0.4, -0.2) is 45.4 Å². The third kappa shape index (κ3) is 3.48. The third-order valence-electron chi connectivity index (χ3n) is 5.17. The first kappa shape index (κ1) is 17.4. The first-order valence-electron chi connectivity index (χ1n) is 8.48. The van der Waals surface area contributed by atoms with E-state index >= 15 is 0 Å². The standard InChI is InChI=1S/C17H20BrClN4O2/c18-11-5-13-10(4-12(11)19)16(25)23(9-21-13)8-17(7-22-17)6-14-15(24)2-1-3-20-14/h4-5,9,14-15,20,22,24H,1-3,6-8H2/t14-,15+,17?/m0/s1. The van der Waals surface area contributed by atoms with Crippen molar-refractivity contribution in [2.45, 2.75) is 43.5 Å². The minimum atomic E-state index is -0.323. The largest absolute Gasteiger partial charge is 0.392 e. The zero-order chi connectivity index (χ0) is 17.6. The Labute approximate surface area is 158 Å². The van der Waals surface area contributed by atoms with Crippen molar-refractivity contribution in [1.82, 2.24) is 20.2 Å². The molecule has 0 bridgehead atoms. The van der Waals surface area contributed by atoms with Crippen molar-refractivity contribution in [2.75, 3.05) is 13.1 Å². The molecule has 1 unspecified atom stereocenters. The Morgan fingerprint density at radius 1 is 1.48 bits per heavy atom. The molecule has 0 amide bonds. The molecule has 25 heavy (non-hydrogen) atoms. The van der Waals surface area contributed by atoms with Crippen LogP contribution in [0.25, 0.3) is 10.9 Å². The van der Waals surface area contributed by atoms with E-state index in [1.807, 2.05) is 0 Å². The highest BCUT2D eigenvalue weighted by atomic mass is 79.9.